The van der Waals surface area contributed by atoms with Crippen LogP contribution in [0, 0.1) is 6.92 Å². The highest BCUT2D eigenvalue weighted by atomic mass is 15.3. The third-order valence-corrected chi connectivity index (χ3v) is 14.9. The van der Waals surface area contributed by atoms with Crippen molar-refractivity contribution in [3.63, 3.8) is 0 Å². The number of benzene rings is 8. The molecule has 0 N–H and O–H groups in total. The number of fused-ring (bicyclic) bond motifs is 10. The summed E-state index contributed by atoms with van der Waals surface area (Å²) in [5.74, 6) is 1.82. The van der Waals surface area contributed by atoms with Crippen LogP contribution in [0.1, 0.15) is 55.5 Å². The summed E-state index contributed by atoms with van der Waals surface area (Å²) in [7, 11) is 0. The minimum Gasteiger partial charge on any atom is -0.311 e. The number of aromatic nitrogens is 1. The molecule has 5 heteroatoms. The Kier molecular flexibility index (Phi) is 7.98. The van der Waals surface area contributed by atoms with Crippen molar-refractivity contribution in [2.75, 3.05) is 14.7 Å². The lowest BCUT2D eigenvalue weighted by Gasteiger charge is -2.44. The van der Waals surface area contributed by atoms with E-state index in [0.717, 1.165) is 40.1 Å². The SMILES string of the molecule is Cc1cc2c3c(c1)N(c1ccccc1)c1nc(N(c4cccc5c4-c4ccccc4C5(C)C)c4cccc5c4-c4ccccc4C5(C)C)ccc1B3c1ccccc1N2c1ccccc1. The molecule has 0 spiro atoms. The van der Waals surface area contributed by atoms with Gasteiger partial charge in [-0.25, -0.2) is 4.98 Å². The molecule has 0 unspecified atom stereocenters. The Labute approximate surface area is 382 Å². The topological polar surface area (TPSA) is 22.6 Å². The van der Waals surface area contributed by atoms with Gasteiger partial charge in [0.05, 0.1) is 11.4 Å². The van der Waals surface area contributed by atoms with Crippen LogP contribution in [-0.4, -0.2) is 11.7 Å². The Morgan fingerprint density at radius 2 is 0.938 bits per heavy atom. The van der Waals surface area contributed by atoms with Gasteiger partial charge in [0.15, 0.2) is 0 Å². The minimum atomic E-state index is -0.171. The van der Waals surface area contributed by atoms with Crippen molar-refractivity contribution in [2.45, 2.75) is 45.4 Å². The van der Waals surface area contributed by atoms with Crippen LogP contribution >= 0.6 is 0 Å². The van der Waals surface area contributed by atoms with E-state index >= 15 is 0 Å². The molecule has 0 radical (unpaired) electrons. The fourth-order valence-electron chi connectivity index (χ4n) is 12.0. The Hall–Kier alpha value is -7.63. The van der Waals surface area contributed by atoms with Gasteiger partial charge in [0.25, 0.3) is 6.71 Å². The van der Waals surface area contributed by atoms with E-state index in [1.807, 2.05) is 0 Å². The zero-order chi connectivity index (χ0) is 43.8. The highest BCUT2D eigenvalue weighted by Gasteiger charge is 2.46. The van der Waals surface area contributed by atoms with E-state index < -0.39 is 0 Å². The van der Waals surface area contributed by atoms with Crippen molar-refractivity contribution >= 4 is 74.5 Å². The summed E-state index contributed by atoms with van der Waals surface area (Å²) < 4.78 is 0. The molecule has 0 atom stereocenters. The number of nitrogens with zero attached hydrogens (tertiary/aromatic N) is 4. The molecule has 310 valence electrons. The first-order chi connectivity index (χ1) is 31.7. The monoisotopic (exact) mass is 834 g/mol. The van der Waals surface area contributed by atoms with Crippen LogP contribution in [0.3, 0.4) is 0 Å². The fraction of sp³-hybridized carbons (Fsp3) is 0.117. The molecule has 8 aromatic carbocycles. The molecule has 13 rings (SSSR count). The highest BCUT2D eigenvalue weighted by Crippen LogP contribution is 2.58. The molecule has 0 saturated heterocycles. The Bertz CT molecular complexity index is 3320. The zero-order valence-electron chi connectivity index (χ0n) is 37.3. The van der Waals surface area contributed by atoms with Crippen LogP contribution in [0.25, 0.3) is 22.3 Å². The number of hydrogen-bond acceptors (Lipinski definition) is 4. The molecule has 9 aromatic rings. The third-order valence-electron chi connectivity index (χ3n) is 14.9. The second-order valence-electron chi connectivity index (χ2n) is 19.2. The maximum atomic E-state index is 6.03. The summed E-state index contributed by atoms with van der Waals surface area (Å²) in [6, 6.07) is 71.8. The molecule has 0 saturated carbocycles. The molecular weight excluding hydrogens is 787 g/mol. The fourth-order valence-corrected chi connectivity index (χ4v) is 12.0. The predicted molar refractivity (Wildman–Crippen MR) is 273 cm³/mol. The molecular formula is C60H47BN4. The average molecular weight is 835 g/mol. The van der Waals surface area contributed by atoms with Gasteiger partial charge in [0.1, 0.15) is 11.6 Å². The maximum absolute atomic E-state index is 6.03. The molecule has 3 heterocycles. The average Bonchev–Trinajstić information content (AvgIpc) is 3.72. The summed E-state index contributed by atoms with van der Waals surface area (Å²) in [6.45, 7) is 11.7. The van der Waals surface area contributed by atoms with Crippen molar-refractivity contribution in [1.82, 2.24) is 4.98 Å². The van der Waals surface area contributed by atoms with Gasteiger partial charge in [-0.3, -0.25) is 9.80 Å². The number of para-hydroxylation sites is 3. The molecule has 2 aliphatic carbocycles. The van der Waals surface area contributed by atoms with Gasteiger partial charge in [0.2, 0.25) is 0 Å². The lowest BCUT2D eigenvalue weighted by atomic mass is 9.33. The van der Waals surface area contributed by atoms with Crippen LogP contribution in [0.2, 0.25) is 0 Å². The van der Waals surface area contributed by atoms with Gasteiger partial charge in [-0.15, -0.1) is 0 Å². The lowest BCUT2D eigenvalue weighted by Crippen LogP contribution is -2.61. The number of anilines is 9. The van der Waals surface area contributed by atoms with E-state index in [1.165, 1.54) is 77.8 Å². The largest absolute Gasteiger partial charge is 0.311 e. The molecule has 0 amide bonds. The first kappa shape index (κ1) is 37.9. The van der Waals surface area contributed by atoms with Crippen molar-refractivity contribution in [3.05, 3.63) is 222 Å². The smallest absolute Gasteiger partial charge is 0.254 e. The van der Waals surface area contributed by atoms with Gasteiger partial charge in [0, 0.05) is 50.4 Å². The van der Waals surface area contributed by atoms with Crippen molar-refractivity contribution < 1.29 is 0 Å². The summed E-state index contributed by atoms with van der Waals surface area (Å²) >= 11 is 0. The van der Waals surface area contributed by atoms with E-state index in [0.29, 0.717) is 0 Å². The zero-order valence-corrected chi connectivity index (χ0v) is 37.3. The van der Waals surface area contributed by atoms with Gasteiger partial charge < -0.3 is 4.90 Å². The van der Waals surface area contributed by atoms with Crippen LogP contribution < -0.4 is 31.1 Å². The first-order valence-electron chi connectivity index (χ1n) is 22.9. The molecule has 0 bridgehead atoms. The van der Waals surface area contributed by atoms with E-state index in [1.54, 1.807) is 0 Å². The molecule has 4 nitrogen and oxygen atoms in total. The summed E-state index contributed by atoms with van der Waals surface area (Å²) in [4.78, 5) is 13.4. The van der Waals surface area contributed by atoms with Gasteiger partial charge in [-0.05, 0) is 123 Å². The number of hydrogen-bond donors (Lipinski definition) is 0. The maximum Gasteiger partial charge on any atom is 0.254 e. The second-order valence-corrected chi connectivity index (χ2v) is 19.2. The summed E-state index contributed by atoms with van der Waals surface area (Å²) in [5.41, 5.74) is 23.1. The second kappa shape index (κ2) is 13.7. The Balaban J connectivity index is 1.12. The number of rotatable bonds is 5. The Morgan fingerprint density at radius 1 is 0.446 bits per heavy atom. The number of aryl methyl sites for hydroxylation is 1. The van der Waals surface area contributed by atoms with Crippen LogP contribution in [0.15, 0.2) is 194 Å². The molecule has 65 heavy (non-hydrogen) atoms. The molecule has 0 fully saturated rings. The quantitative estimate of drug-likeness (QED) is 0.161. The van der Waals surface area contributed by atoms with Crippen molar-refractivity contribution in [3.8, 4) is 22.3 Å². The molecule has 4 aliphatic rings. The number of pyridine rings is 1. The Morgan fingerprint density at radius 3 is 1.54 bits per heavy atom. The van der Waals surface area contributed by atoms with Crippen molar-refractivity contribution in [1.29, 1.82) is 0 Å². The molecule has 1 aromatic heterocycles. The van der Waals surface area contributed by atoms with Crippen LogP contribution in [-0.2, 0) is 10.8 Å². The van der Waals surface area contributed by atoms with Crippen LogP contribution in [0.4, 0.5) is 51.4 Å². The molecule has 2 aliphatic heterocycles. The highest BCUT2D eigenvalue weighted by molar-refractivity contribution is 7.00. The minimum absolute atomic E-state index is 0.0379. The van der Waals surface area contributed by atoms with Crippen LogP contribution in [0.5, 0.6) is 0 Å². The third kappa shape index (κ3) is 5.24. The van der Waals surface area contributed by atoms with E-state index in [2.05, 4.69) is 243 Å². The van der Waals surface area contributed by atoms with E-state index in [4.69, 9.17) is 4.98 Å². The summed E-state index contributed by atoms with van der Waals surface area (Å²) in [5, 5.41) is 0. The normalized spacial score (nSPS) is 15.0. The lowest BCUT2D eigenvalue weighted by molar-refractivity contribution is 0.660. The first-order valence-corrected chi connectivity index (χ1v) is 22.9. The summed E-state index contributed by atoms with van der Waals surface area (Å²) in [6.07, 6.45) is 0. The predicted octanol–water partition coefficient (Wildman–Crippen LogP) is 13.6. The van der Waals surface area contributed by atoms with Gasteiger partial charge >= 0.3 is 0 Å². The van der Waals surface area contributed by atoms with E-state index in [-0.39, 0.29) is 17.5 Å². The van der Waals surface area contributed by atoms with Gasteiger partial charge in [-0.1, -0.05) is 161 Å². The van der Waals surface area contributed by atoms with E-state index in [9.17, 15) is 0 Å². The van der Waals surface area contributed by atoms with Gasteiger partial charge in [-0.2, -0.15) is 0 Å². The van der Waals surface area contributed by atoms with Crippen molar-refractivity contribution in [2.24, 2.45) is 0 Å². The standard InChI is InChI=1S/C60H47BN4/c1-38-36-52-57-53(37-38)64(40-22-10-7-11-23-40)58-48(61(57)47-30-16-17-31-49(47)63(52)39-20-8-6-9-21-39)34-35-54(62-58)65(50-32-18-28-45-55(50)41-24-12-14-26-43(41)59(45,2)3)51-33-19-29-46-56(51)42-25-13-15-27-44(42)60(46,4)5/h6-37H,1-5H3.